The molecule has 1 N–H and O–H groups in total. The predicted molar refractivity (Wildman–Crippen MR) is 121 cm³/mol. The first kappa shape index (κ1) is 18.1. The lowest BCUT2D eigenvalue weighted by Crippen LogP contribution is -2.00. The van der Waals surface area contributed by atoms with Crippen molar-refractivity contribution in [2.24, 2.45) is 0 Å². The summed E-state index contributed by atoms with van der Waals surface area (Å²) in [6.07, 6.45) is 0. The van der Waals surface area contributed by atoms with Gasteiger partial charge in [-0.15, -0.1) is 0 Å². The zero-order valence-electron chi connectivity index (χ0n) is 16.5. The van der Waals surface area contributed by atoms with Gasteiger partial charge in [0.25, 0.3) is 0 Å². The van der Waals surface area contributed by atoms with Gasteiger partial charge in [0.1, 0.15) is 5.75 Å². The SMILES string of the molecule is CCOc1cc(-c2c3ccccc3cc3ccccc23)nc(-c2ccccc2O)n1. The molecule has 0 fully saturated rings. The lowest BCUT2D eigenvalue weighted by molar-refractivity contribution is 0.327. The number of hydrogen-bond donors (Lipinski definition) is 1. The minimum atomic E-state index is 0.139. The van der Waals surface area contributed by atoms with Crippen LogP contribution in [0.3, 0.4) is 0 Å². The van der Waals surface area contributed by atoms with Crippen molar-refractivity contribution in [3.05, 3.63) is 84.9 Å². The van der Waals surface area contributed by atoms with E-state index in [0.717, 1.165) is 32.8 Å². The van der Waals surface area contributed by atoms with E-state index in [9.17, 15) is 5.11 Å². The van der Waals surface area contributed by atoms with Gasteiger partial charge in [-0.25, -0.2) is 4.98 Å². The summed E-state index contributed by atoms with van der Waals surface area (Å²) < 4.78 is 5.76. The van der Waals surface area contributed by atoms with Gasteiger partial charge in [-0.05, 0) is 46.7 Å². The Morgan fingerprint density at radius 2 is 1.40 bits per heavy atom. The molecule has 4 aromatic carbocycles. The Kier molecular flexibility index (Phi) is 4.52. The number of phenols is 1. The number of nitrogens with zero attached hydrogens (tertiary/aromatic N) is 2. The van der Waals surface area contributed by atoms with Gasteiger partial charge >= 0.3 is 0 Å². The summed E-state index contributed by atoms with van der Waals surface area (Å²) >= 11 is 0. The van der Waals surface area contributed by atoms with Gasteiger partial charge in [-0.1, -0.05) is 60.7 Å². The molecule has 0 radical (unpaired) electrons. The fourth-order valence-corrected chi connectivity index (χ4v) is 3.85. The molecule has 5 rings (SSSR count). The van der Waals surface area contributed by atoms with Crippen molar-refractivity contribution < 1.29 is 9.84 Å². The summed E-state index contributed by atoms with van der Waals surface area (Å²) in [5.74, 6) is 1.06. The second-order valence-electron chi connectivity index (χ2n) is 7.06. The van der Waals surface area contributed by atoms with Crippen molar-refractivity contribution in [3.8, 4) is 34.3 Å². The first-order valence-corrected chi connectivity index (χ1v) is 9.95. The monoisotopic (exact) mass is 392 g/mol. The molecule has 0 aliphatic carbocycles. The fraction of sp³-hybridized carbons (Fsp3) is 0.0769. The maximum absolute atomic E-state index is 10.4. The van der Waals surface area contributed by atoms with Crippen molar-refractivity contribution in [1.29, 1.82) is 0 Å². The van der Waals surface area contributed by atoms with Crippen molar-refractivity contribution >= 4 is 21.5 Å². The van der Waals surface area contributed by atoms with Crippen molar-refractivity contribution in [1.82, 2.24) is 9.97 Å². The molecule has 1 heterocycles. The van der Waals surface area contributed by atoms with Crippen molar-refractivity contribution in [2.75, 3.05) is 6.61 Å². The van der Waals surface area contributed by atoms with E-state index in [1.54, 1.807) is 12.1 Å². The lowest BCUT2D eigenvalue weighted by Gasteiger charge is -2.14. The Hall–Kier alpha value is -3.92. The first-order chi connectivity index (χ1) is 14.7. The van der Waals surface area contributed by atoms with Gasteiger partial charge in [-0.2, -0.15) is 4.98 Å². The Morgan fingerprint density at radius 3 is 2.07 bits per heavy atom. The Bertz CT molecular complexity index is 1320. The molecule has 0 saturated carbocycles. The molecule has 0 aliphatic rings. The molecule has 0 aliphatic heterocycles. The van der Waals surface area contributed by atoms with Crippen LogP contribution in [0.2, 0.25) is 0 Å². The highest BCUT2D eigenvalue weighted by Gasteiger charge is 2.16. The largest absolute Gasteiger partial charge is 0.507 e. The van der Waals surface area contributed by atoms with Gasteiger partial charge in [0.15, 0.2) is 5.82 Å². The topological polar surface area (TPSA) is 55.2 Å². The predicted octanol–water partition coefficient (Wildman–Crippen LogP) is 6.22. The summed E-state index contributed by atoms with van der Waals surface area (Å²) in [5, 5.41) is 14.9. The summed E-state index contributed by atoms with van der Waals surface area (Å²) in [6.45, 7) is 2.42. The third-order valence-corrected chi connectivity index (χ3v) is 5.17. The minimum absolute atomic E-state index is 0.139. The fourth-order valence-electron chi connectivity index (χ4n) is 3.85. The second-order valence-corrected chi connectivity index (χ2v) is 7.06. The number of ether oxygens (including phenoxy) is 1. The lowest BCUT2D eigenvalue weighted by atomic mass is 9.94. The highest BCUT2D eigenvalue weighted by atomic mass is 16.5. The van der Waals surface area contributed by atoms with E-state index in [1.165, 1.54) is 0 Å². The van der Waals surface area contributed by atoms with Gasteiger partial charge in [0, 0.05) is 11.6 Å². The van der Waals surface area contributed by atoms with Gasteiger partial charge in [0.2, 0.25) is 5.88 Å². The average Bonchev–Trinajstić information content (AvgIpc) is 2.77. The van der Waals surface area contributed by atoms with Crippen LogP contribution in [0.25, 0.3) is 44.2 Å². The molecule has 5 aromatic rings. The molecule has 0 saturated heterocycles. The average molecular weight is 392 g/mol. The quantitative estimate of drug-likeness (QED) is 0.369. The number of aromatic hydroxyl groups is 1. The Morgan fingerprint density at radius 1 is 0.767 bits per heavy atom. The third kappa shape index (κ3) is 3.12. The first-order valence-electron chi connectivity index (χ1n) is 9.95. The molecular weight excluding hydrogens is 372 g/mol. The molecule has 0 unspecified atom stereocenters. The van der Waals surface area contributed by atoms with E-state index in [1.807, 2.05) is 49.4 Å². The standard InChI is InChI=1S/C26H20N2O2/c1-2-30-24-16-22(27-26(28-24)21-13-7-8-14-23(21)29)25-19-11-5-3-9-17(19)15-18-10-4-6-12-20(18)25/h3-16,29H,2H2,1H3. The van der Waals surface area contributed by atoms with E-state index < -0.39 is 0 Å². The van der Waals surface area contributed by atoms with Crippen LogP contribution in [0.15, 0.2) is 84.9 Å². The molecule has 0 atom stereocenters. The third-order valence-electron chi connectivity index (χ3n) is 5.17. The van der Waals surface area contributed by atoms with Crippen LogP contribution >= 0.6 is 0 Å². The van der Waals surface area contributed by atoms with E-state index >= 15 is 0 Å². The number of aromatic nitrogens is 2. The number of para-hydroxylation sites is 1. The van der Waals surface area contributed by atoms with E-state index in [2.05, 4.69) is 35.3 Å². The van der Waals surface area contributed by atoms with Crippen LogP contribution in [0.5, 0.6) is 11.6 Å². The van der Waals surface area contributed by atoms with Crippen LogP contribution in [0, 0.1) is 0 Å². The van der Waals surface area contributed by atoms with Gasteiger partial charge in [0.05, 0.1) is 17.9 Å². The van der Waals surface area contributed by atoms with Crippen LogP contribution in [-0.2, 0) is 0 Å². The van der Waals surface area contributed by atoms with E-state index in [0.29, 0.717) is 23.9 Å². The minimum Gasteiger partial charge on any atom is -0.507 e. The maximum atomic E-state index is 10.4. The highest BCUT2D eigenvalue weighted by Crippen LogP contribution is 2.38. The number of fused-ring (bicyclic) bond motifs is 2. The Balaban J connectivity index is 1.86. The normalized spacial score (nSPS) is 11.1. The number of rotatable bonds is 4. The van der Waals surface area contributed by atoms with Crippen LogP contribution in [-0.4, -0.2) is 21.7 Å². The summed E-state index contributed by atoms with van der Waals surface area (Å²) in [7, 11) is 0. The summed E-state index contributed by atoms with van der Waals surface area (Å²) in [4.78, 5) is 9.41. The van der Waals surface area contributed by atoms with Gasteiger partial charge < -0.3 is 9.84 Å². The maximum Gasteiger partial charge on any atom is 0.217 e. The number of hydrogen-bond acceptors (Lipinski definition) is 4. The molecule has 4 nitrogen and oxygen atoms in total. The number of phenolic OH excluding ortho intramolecular Hbond substituents is 1. The van der Waals surface area contributed by atoms with Crippen LogP contribution in [0.1, 0.15) is 6.92 Å². The smallest absolute Gasteiger partial charge is 0.217 e. The summed E-state index contributed by atoms with van der Waals surface area (Å²) in [6, 6.07) is 27.8. The Labute approximate surface area is 174 Å². The molecule has 4 heteroatoms. The second kappa shape index (κ2) is 7.48. The van der Waals surface area contributed by atoms with Crippen molar-refractivity contribution in [3.63, 3.8) is 0 Å². The number of benzene rings is 4. The molecule has 0 amide bonds. The van der Waals surface area contributed by atoms with E-state index in [4.69, 9.17) is 9.72 Å². The van der Waals surface area contributed by atoms with Gasteiger partial charge in [-0.3, -0.25) is 0 Å². The molecular formula is C26H20N2O2. The van der Waals surface area contributed by atoms with Crippen LogP contribution in [0.4, 0.5) is 0 Å². The highest BCUT2D eigenvalue weighted by molar-refractivity contribution is 6.12. The molecule has 0 bridgehead atoms. The molecule has 30 heavy (non-hydrogen) atoms. The van der Waals surface area contributed by atoms with Crippen molar-refractivity contribution in [2.45, 2.75) is 6.92 Å². The van der Waals surface area contributed by atoms with E-state index in [-0.39, 0.29) is 5.75 Å². The molecule has 1 aromatic heterocycles. The molecule has 0 spiro atoms. The zero-order valence-corrected chi connectivity index (χ0v) is 16.5. The zero-order chi connectivity index (χ0) is 20.5. The summed E-state index contributed by atoms with van der Waals surface area (Å²) in [5.41, 5.74) is 2.37. The van der Waals surface area contributed by atoms with Crippen LogP contribution < -0.4 is 4.74 Å². The molecule has 146 valence electrons.